The minimum Gasteiger partial charge on any atom is -0.493 e. The summed E-state index contributed by atoms with van der Waals surface area (Å²) in [4.78, 5) is 0. The SMILES string of the molecule is COCCC(C)COC.COc1ccc(C)cc1OC. The lowest BCUT2D eigenvalue weighted by Crippen LogP contribution is -2.06. The molecule has 1 atom stereocenters. The fourth-order valence-electron chi connectivity index (χ4n) is 1.63. The van der Waals surface area contributed by atoms with Crippen LogP contribution in [-0.2, 0) is 9.47 Å². The Balaban J connectivity index is 0.000000370. The van der Waals surface area contributed by atoms with Crippen LogP contribution in [0.4, 0.5) is 0 Å². The molecule has 0 spiro atoms. The van der Waals surface area contributed by atoms with Crippen molar-refractivity contribution in [2.45, 2.75) is 20.3 Å². The first kappa shape index (κ1) is 18.7. The summed E-state index contributed by atoms with van der Waals surface area (Å²) in [6.07, 6.45) is 1.09. The van der Waals surface area contributed by atoms with Crippen molar-refractivity contribution in [2.75, 3.05) is 41.7 Å². The van der Waals surface area contributed by atoms with Gasteiger partial charge in [-0.25, -0.2) is 0 Å². The first-order chi connectivity index (χ1) is 9.58. The molecule has 116 valence electrons. The van der Waals surface area contributed by atoms with Crippen molar-refractivity contribution in [3.05, 3.63) is 23.8 Å². The molecule has 0 aliphatic heterocycles. The van der Waals surface area contributed by atoms with Crippen molar-refractivity contribution in [1.82, 2.24) is 0 Å². The molecule has 20 heavy (non-hydrogen) atoms. The molecular formula is C16H28O4. The van der Waals surface area contributed by atoms with Gasteiger partial charge in [-0.2, -0.15) is 0 Å². The van der Waals surface area contributed by atoms with Crippen LogP contribution in [0.5, 0.6) is 11.5 Å². The van der Waals surface area contributed by atoms with Crippen LogP contribution in [0.2, 0.25) is 0 Å². The molecule has 0 saturated heterocycles. The molecule has 0 N–H and O–H groups in total. The molecule has 0 saturated carbocycles. The van der Waals surface area contributed by atoms with Gasteiger partial charge >= 0.3 is 0 Å². The predicted octanol–water partition coefficient (Wildman–Crippen LogP) is 3.32. The quantitative estimate of drug-likeness (QED) is 0.769. The van der Waals surface area contributed by atoms with E-state index in [0.717, 1.165) is 31.1 Å². The first-order valence-corrected chi connectivity index (χ1v) is 6.75. The zero-order valence-corrected chi connectivity index (χ0v) is 13.6. The van der Waals surface area contributed by atoms with Gasteiger partial charge in [0.1, 0.15) is 0 Å². The molecule has 0 bridgehead atoms. The zero-order valence-electron chi connectivity index (χ0n) is 13.6. The van der Waals surface area contributed by atoms with Gasteiger partial charge in [0.2, 0.25) is 0 Å². The molecular weight excluding hydrogens is 256 g/mol. The Bertz CT molecular complexity index is 352. The van der Waals surface area contributed by atoms with E-state index in [9.17, 15) is 0 Å². The number of benzene rings is 1. The third kappa shape index (κ3) is 8.02. The van der Waals surface area contributed by atoms with E-state index in [-0.39, 0.29) is 0 Å². The molecule has 0 aliphatic carbocycles. The van der Waals surface area contributed by atoms with Crippen LogP contribution < -0.4 is 9.47 Å². The van der Waals surface area contributed by atoms with Crippen LogP contribution in [0, 0.1) is 12.8 Å². The predicted molar refractivity (Wildman–Crippen MR) is 81.8 cm³/mol. The van der Waals surface area contributed by atoms with Crippen molar-refractivity contribution in [2.24, 2.45) is 5.92 Å². The largest absolute Gasteiger partial charge is 0.493 e. The van der Waals surface area contributed by atoms with Crippen molar-refractivity contribution in [3.63, 3.8) is 0 Å². The van der Waals surface area contributed by atoms with Crippen LogP contribution in [0.3, 0.4) is 0 Å². The van der Waals surface area contributed by atoms with Crippen LogP contribution >= 0.6 is 0 Å². The Hall–Kier alpha value is -1.26. The maximum Gasteiger partial charge on any atom is 0.160 e. The summed E-state index contributed by atoms with van der Waals surface area (Å²) in [5.74, 6) is 2.18. The highest BCUT2D eigenvalue weighted by Crippen LogP contribution is 2.26. The van der Waals surface area contributed by atoms with Gasteiger partial charge < -0.3 is 18.9 Å². The molecule has 0 amide bonds. The van der Waals surface area contributed by atoms with Gasteiger partial charge in [0.15, 0.2) is 11.5 Å². The normalized spacial score (nSPS) is 11.3. The Kier molecular flexibility index (Phi) is 10.8. The van der Waals surface area contributed by atoms with E-state index >= 15 is 0 Å². The Morgan fingerprint density at radius 1 is 0.950 bits per heavy atom. The van der Waals surface area contributed by atoms with E-state index in [1.54, 1.807) is 28.4 Å². The average molecular weight is 284 g/mol. The molecule has 0 fully saturated rings. The molecule has 0 heterocycles. The van der Waals surface area contributed by atoms with Crippen molar-refractivity contribution in [1.29, 1.82) is 0 Å². The Morgan fingerprint density at radius 2 is 1.60 bits per heavy atom. The molecule has 1 rings (SSSR count). The van der Waals surface area contributed by atoms with Crippen LogP contribution in [0.25, 0.3) is 0 Å². The summed E-state index contributed by atoms with van der Waals surface area (Å²) in [6, 6.07) is 5.83. The minimum atomic E-state index is 0.620. The second-order valence-electron chi connectivity index (χ2n) is 4.70. The smallest absolute Gasteiger partial charge is 0.160 e. The molecule has 1 aromatic rings. The third-order valence-electron chi connectivity index (χ3n) is 2.81. The second kappa shape index (κ2) is 11.6. The van der Waals surface area contributed by atoms with E-state index in [1.807, 2.05) is 25.1 Å². The third-order valence-corrected chi connectivity index (χ3v) is 2.81. The van der Waals surface area contributed by atoms with E-state index in [4.69, 9.17) is 18.9 Å². The topological polar surface area (TPSA) is 36.9 Å². The summed E-state index contributed by atoms with van der Waals surface area (Å²) in [6.45, 7) is 5.85. The van der Waals surface area contributed by atoms with Gasteiger partial charge in [-0.05, 0) is 37.0 Å². The molecule has 4 nitrogen and oxygen atoms in total. The van der Waals surface area contributed by atoms with Crippen LogP contribution in [0.15, 0.2) is 18.2 Å². The Labute approximate surface area is 123 Å². The lowest BCUT2D eigenvalue weighted by Gasteiger charge is -2.07. The minimum absolute atomic E-state index is 0.620. The summed E-state index contributed by atoms with van der Waals surface area (Å²) in [5.41, 5.74) is 1.17. The van der Waals surface area contributed by atoms with Gasteiger partial charge in [-0.15, -0.1) is 0 Å². The number of hydrogen-bond acceptors (Lipinski definition) is 4. The van der Waals surface area contributed by atoms with Gasteiger partial charge in [-0.1, -0.05) is 13.0 Å². The fourth-order valence-corrected chi connectivity index (χ4v) is 1.63. The number of hydrogen-bond donors (Lipinski definition) is 0. The lowest BCUT2D eigenvalue weighted by molar-refractivity contribution is 0.125. The van der Waals surface area contributed by atoms with E-state index in [2.05, 4.69) is 6.92 Å². The van der Waals surface area contributed by atoms with E-state index in [1.165, 1.54) is 5.56 Å². The van der Waals surface area contributed by atoms with Crippen molar-refractivity contribution in [3.8, 4) is 11.5 Å². The fraction of sp³-hybridized carbons (Fsp3) is 0.625. The highest BCUT2D eigenvalue weighted by Gasteiger charge is 2.00. The standard InChI is InChI=1S/C9H12O2.C7H16O2/c1-7-4-5-8(10-2)9(6-7)11-3;1-7(6-9-3)4-5-8-2/h4-6H,1-3H3;7H,4-6H2,1-3H3. The van der Waals surface area contributed by atoms with Crippen molar-refractivity contribution >= 4 is 0 Å². The summed E-state index contributed by atoms with van der Waals surface area (Å²) < 4.78 is 20.0. The van der Waals surface area contributed by atoms with Gasteiger partial charge in [-0.3, -0.25) is 0 Å². The highest BCUT2D eigenvalue weighted by molar-refractivity contribution is 5.42. The zero-order chi connectivity index (χ0) is 15.4. The lowest BCUT2D eigenvalue weighted by atomic mass is 10.1. The van der Waals surface area contributed by atoms with E-state index < -0.39 is 0 Å². The highest BCUT2D eigenvalue weighted by atomic mass is 16.5. The van der Waals surface area contributed by atoms with Crippen LogP contribution in [0.1, 0.15) is 18.9 Å². The average Bonchev–Trinajstić information content (AvgIpc) is 2.46. The number of methoxy groups -OCH3 is 4. The molecule has 1 aromatic carbocycles. The maximum absolute atomic E-state index is 5.09. The molecule has 0 aromatic heterocycles. The van der Waals surface area contributed by atoms with Crippen LogP contribution in [-0.4, -0.2) is 41.7 Å². The molecule has 0 aliphatic rings. The molecule has 0 radical (unpaired) electrons. The second-order valence-corrected chi connectivity index (χ2v) is 4.70. The summed E-state index contributed by atoms with van der Waals surface area (Å²) >= 11 is 0. The van der Waals surface area contributed by atoms with Gasteiger partial charge in [0, 0.05) is 27.4 Å². The summed E-state index contributed by atoms with van der Waals surface area (Å²) in [5, 5.41) is 0. The number of aryl methyl sites for hydroxylation is 1. The van der Waals surface area contributed by atoms with Gasteiger partial charge in [0.25, 0.3) is 0 Å². The Morgan fingerprint density at radius 3 is 2.10 bits per heavy atom. The number of rotatable bonds is 7. The summed E-state index contributed by atoms with van der Waals surface area (Å²) in [7, 11) is 6.72. The molecule has 1 unspecified atom stereocenters. The monoisotopic (exact) mass is 284 g/mol. The number of ether oxygens (including phenoxy) is 4. The van der Waals surface area contributed by atoms with E-state index in [0.29, 0.717) is 5.92 Å². The van der Waals surface area contributed by atoms with Crippen molar-refractivity contribution < 1.29 is 18.9 Å². The molecule has 4 heteroatoms. The first-order valence-electron chi connectivity index (χ1n) is 6.75. The maximum atomic E-state index is 5.09. The van der Waals surface area contributed by atoms with Gasteiger partial charge in [0.05, 0.1) is 14.2 Å².